The van der Waals surface area contributed by atoms with Gasteiger partial charge in [0.25, 0.3) is 0 Å². The Morgan fingerprint density at radius 3 is 2.37 bits per heavy atom. The van der Waals surface area contributed by atoms with Gasteiger partial charge in [0.2, 0.25) is 5.95 Å². The fourth-order valence-electron chi connectivity index (χ4n) is 2.58. The molecule has 3 rings (SSSR count). The van der Waals surface area contributed by atoms with Gasteiger partial charge in [-0.3, -0.25) is 0 Å². The van der Waals surface area contributed by atoms with E-state index in [0.717, 1.165) is 24.1 Å². The number of halogens is 3. The third kappa shape index (κ3) is 3.16. The van der Waals surface area contributed by atoms with Crippen molar-refractivity contribution in [2.45, 2.75) is 31.9 Å². The molecule has 1 aromatic rings. The SMILES string of the molecule is FC(F)(F)c1ccnc(NCC(C2CC2)C2CC2)n1. The average molecular weight is 271 g/mol. The monoisotopic (exact) mass is 271 g/mol. The topological polar surface area (TPSA) is 37.8 Å². The quantitative estimate of drug-likeness (QED) is 0.892. The van der Waals surface area contributed by atoms with E-state index in [-0.39, 0.29) is 5.95 Å². The Morgan fingerprint density at radius 1 is 1.21 bits per heavy atom. The lowest BCUT2D eigenvalue weighted by atomic mass is 9.98. The van der Waals surface area contributed by atoms with Crippen LogP contribution < -0.4 is 5.32 Å². The van der Waals surface area contributed by atoms with E-state index in [0.29, 0.717) is 12.5 Å². The van der Waals surface area contributed by atoms with Crippen LogP contribution in [0.2, 0.25) is 0 Å². The zero-order valence-electron chi connectivity index (χ0n) is 10.5. The molecule has 2 saturated carbocycles. The third-order valence-corrected chi connectivity index (χ3v) is 3.90. The van der Waals surface area contributed by atoms with Crippen molar-refractivity contribution in [3.8, 4) is 0 Å². The molecule has 3 nitrogen and oxygen atoms in total. The fourth-order valence-corrected chi connectivity index (χ4v) is 2.58. The van der Waals surface area contributed by atoms with Gasteiger partial charge >= 0.3 is 6.18 Å². The summed E-state index contributed by atoms with van der Waals surface area (Å²) in [7, 11) is 0. The van der Waals surface area contributed by atoms with E-state index in [1.807, 2.05) is 0 Å². The Kier molecular flexibility index (Phi) is 3.11. The van der Waals surface area contributed by atoms with Gasteiger partial charge in [0.15, 0.2) is 0 Å². The number of anilines is 1. The van der Waals surface area contributed by atoms with Gasteiger partial charge in [-0.2, -0.15) is 13.2 Å². The summed E-state index contributed by atoms with van der Waals surface area (Å²) in [5.74, 6) is 2.18. The minimum Gasteiger partial charge on any atom is -0.354 e. The van der Waals surface area contributed by atoms with Crippen LogP contribution in [0.15, 0.2) is 12.3 Å². The van der Waals surface area contributed by atoms with Crippen molar-refractivity contribution >= 4 is 5.95 Å². The highest BCUT2D eigenvalue weighted by Gasteiger charge is 2.41. The van der Waals surface area contributed by atoms with Crippen molar-refractivity contribution in [2.24, 2.45) is 17.8 Å². The minimum atomic E-state index is -4.41. The first-order valence-corrected chi connectivity index (χ1v) is 6.68. The molecule has 0 bridgehead atoms. The Hall–Kier alpha value is -1.33. The van der Waals surface area contributed by atoms with Crippen molar-refractivity contribution in [3.63, 3.8) is 0 Å². The molecule has 0 saturated heterocycles. The van der Waals surface area contributed by atoms with Gasteiger partial charge in [0, 0.05) is 12.7 Å². The largest absolute Gasteiger partial charge is 0.433 e. The van der Waals surface area contributed by atoms with Crippen molar-refractivity contribution in [2.75, 3.05) is 11.9 Å². The molecule has 0 aromatic carbocycles. The number of rotatable bonds is 5. The maximum absolute atomic E-state index is 12.5. The van der Waals surface area contributed by atoms with E-state index in [1.165, 1.54) is 25.7 Å². The molecule has 1 heterocycles. The van der Waals surface area contributed by atoms with Crippen LogP contribution in [0, 0.1) is 17.8 Å². The van der Waals surface area contributed by atoms with Crippen molar-refractivity contribution < 1.29 is 13.2 Å². The normalized spacial score (nSPS) is 19.8. The lowest BCUT2D eigenvalue weighted by Gasteiger charge is -2.16. The molecule has 0 radical (unpaired) electrons. The molecular weight excluding hydrogens is 255 g/mol. The summed E-state index contributed by atoms with van der Waals surface area (Å²) in [5.41, 5.74) is -0.889. The van der Waals surface area contributed by atoms with Gasteiger partial charge < -0.3 is 5.32 Å². The third-order valence-electron chi connectivity index (χ3n) is 3.90. The Bertz CT molecular complexity index is 441. The molecule has 6 heteroatoms. The van der Waals surface area contributed by atoms with Gasteiger partial charge in [0.1, 0.15) is 5.69 Å². The maximum atomic E-state index is 12.5. The lowest BCUT2D eigenvalue weighted by molar-refractivity contribution is -0.141. The number of nitrogens with one attached hydrogen (secondary N) is 1. The van der Waals surface area contributed by atoms with E-state index in [2.05, 4.69) is 15.3 Å². The predicted octanol–water partition coefficient (Wildman–Crippen LogP) is 3.34. The lowest BCUT2D eigenvalue weighted by Crippen LogP contribution is -2.20. The van der Waals surface area contributed by atoms with Crippen molar-refractivity contribution in [3.05, 3.63) is 18.0 Å². The summed E-state index contributed by atoms with van der Waals surface area (Å²) < 4.78 is 37.6. The van der Waals surface area contributed by atoms with Crippen LogP contribution in [0.25, 0.3) is 0 Å². The highest BCUT2D eigenvalue weighted by atomic mass is 19.4. The van der Waals surface area contributed by atoms with Gasteiger partial charge in [-0.15, -0.1) is 0 Å². The Morgan fingerprint density at radius 2 is 1.84 bits per heavy atom. The van der Waals surface area contributed by atoms with E-state index < -0.39 is 11.9 Å². The van der Waals surface area contributed by atoms with Crippen LogP contribution in [-0.2, 0) is 6.18 Å². The molecule has 104 valence electrons. The molecule has 0 aliphatic heterocycles. The van der Waals surface area contributed by atoms with Gasteiger partial charge in [-0.1, -0.05) is 0 Å². The average Bonchev–Trinajstić information content (AvgIpc) is 3.23. The van der Waals surface area contributed by atoms with Gasteiger partial charge in [-0.05, 0) is 49.5 Å². The first-order valence-electron chi connectivity index (χ1n) is 6.68. The van der Waals surface area contributed by atoms with Crippen LogP contribution in [0.4, 0.5) is 19.1 Å². The highest BCUT2D eigenvalue weighted by molar-refractivity contribution is 5.26. The molecule has 1 N–H and O–H groups in total. The molecular formula is C13H16F3N3. The second-order valence-electron chi connectivity index (χ2n) is 5.48. The van der Waals surface area contributed by atoms with Crippen LogP contribution in [-0.4, -0.2) is 16.5 Å². The molecule has 0 atom stereocenters. The minimum absolute atomic E-state index is 0.0844. The van der Waals surface area contributed by atoms with E-state index in [4.69, 9.17) is 0 Å². The molecule has 0 unspecified atom stereocenters. The molecule has 19 heavy (non-hydrogen) atoms. The molecule has 2 aliphatic rings. The zero-order valence-corrected chi connectivity index (χ0v) is 10.5. The van der Waals surface area contributed by atoms with E-state index >= 15 is 0 Å². The summed E-state index contributed by atoms with van der Waals surface area (Å²) in [6.45, 7) is 0.691. The number of alkyl halides is 3. The number of hydrogen-bond donors (Lipinski definition) is 1. The van der Waals surface area contributed by atoms with Crippen LogP contribution in [0.5, 0.6) is 0 Å². The predicted molar refractivity (Wildman–Crippen MR) is 64.5 cm³/mol. The summed E-state index contributed by atoms with van der Waals surface area (Å²) in [5, 5.41) is 2.98. The van der Waals surface area contributed by atoms with Crippen LogP contribution in [0.3, 0.4) is 0 Å². The summed E-state index contributed by atoms with van der Waals surface area (Å²) in [6.07, 6.45) is 1.77. The second-order valence-corrected chi connectivity index (χ2v) is 5.48. The van der Waals surface area contributed by atoms with E-state index in [9.17, 15) is 13.2 Å². The maximum Gasteiger partial charge on any atom is 0.433 e. The highest BCUT2D eigenvalue weighted by Crippen LogP contribution is 2.49. The first-order chi connectivity index (χ1) is 9.04. The summed E-state index contributed by atoms with van der Waals surface area (Å²) in [4.78, 5) is 7.39. The number of aromatic nitrogens is 2. The molecule has 2 aliphatic carbocycles. The molecule has 2 fully saturated rings. The first kappa shape index (κ1) is 12.7. The smallest absolute Gasteiger partial charge is 0.354 e. The summed E-state index contributed by atoms with van der Waals surface area (Å²) >= 11 is 0. The molecule has 1 aromatic heterocycles. The molecule has 0 spiro atoms. The van der Waals surface area contributed by atoms with Gasteiger partial charge in [0.05, 0.1) is 0 Å². The number of hydrogen-bond acceptors (Lipinski definition) is 3. The van der Waals surface area contributed by atoms with Gasteiger partial charge in [-0.25, -0.2) is 9.97 Å². The fraction of sp³-hybridized carbons (Fsp3) is 0.692. The van der Waals surface area contributed by atoms with E-state index in [1.54, 1.807) is 0 Å². The van der Waals surface area contributed by atoms with Crippen LogP contribution >= 0.6 is 0 Å². The van der Waals surface area contributed by atoms with Crippen molar-refractivity contribution in [1.82, 2.24) is 9.97 Å². The number of nitrogens with zero attached hydrogens (tertiary/aromatic N) is 2. The zero-order chi connectivity index (χ0) is 13.5. The summed E-state index contributed by atoms with van der Waals surface area (Å²) in [6, 6.07) is 0.893. The molecule has 0 amide bonds. The Balaban J connectivity index is 1.62. The van der Waals surface area contributed by atoms with Crippen LogP contribution in [0.1, 0.15) is 31.4 Å². The van der Waals surface area contributed by atoms with Crippen molar-refractivity contribution in [1.29, 1.82) is 0 Å². The Labute approximate surface area is 109 Å². The standard InChI is InChI=1S/C13H16F3N3/c14-13(15,16)11-5-6-17-12(19-11)18-7-10(8-1-2-8)9-3-4-9/h5-6,8-10H,1-4,7H2,(H,17,18,19). The second kappa shape index (κ2) is 4.65.